The summed E-state index contributed by atoms with van der Waals surface area (Å²) in [7, 11) is -6.08. The first-order chi connectivity index (χ1) is 21.1. The van der Waals surface area contributed by atoms with E-state index in [1.54, 1.807) is 55.4 Å². The Balaban J connectivity index is 0. The van der Waals surface area contributed by atoms with Crippen LogP contribution in [0, 0.1) is 5.92 Å². The lowest BCUT2D eigenvalue weighted by Gasteiger charge is -2.33. The summed E-state index contributed by atoms with van der Waals surface area (Å²) in [6, 6.07) is 0. The summed E-state index contributed by atoms with van der Waals surface area (Å²) in [6.07, 6.45) is 0.858. The van der Waals surface area contributed by atoms with Crippen LogP contribution in [0.2, 0.25) is 0 Å². The van der Waals surface area contributed by atoms with E-state index >= 15 is 0 Å². The largest absolute Gasteiger partial charge is 0.469 e. The summed E-state index contributed by atoms with van der Waals surface area (Å²) in [5, 5.41) is -1.46. The second-order valence-corrected chi connectivity index (χ2v) is 14.5. The second kappa shape index (κ2) is 24.4. The topological polar surface area (TPSA) is 176 Å². The maximum absolute atomic E-state index is 13.1. The smallest absolute Gasteiger partial charge is 0.347 e. The van der Waals surface area contributed by atoms with Crippen LogP contribution in [0.5, 0.6) is 0 Å². The van der Waals surface area contributed by atoms with Crippen molar-refractivity contribution >= 4 is 39.1 Å². The molecule has 0 aromatic carbocycles. The minimum Gasteiger partial charge on any atom is -0.469 e. The molecule has 0 heterocycles. The first kappa shape index (κ1) is 45.3. The van der Waals surface area contributed by atoms with Gasteiger partial charge in [0.2, 0.25) is 0 Å². The Morgan fingerprint density at radius 2 is 1.18 bits per heavy atom. The Bertz CT molecular complexity index is 953. The lowest BCUT2D eigenvalue weighted by molar-refractivity contribution is -0.148. The van der Waals surface area contributed by atoms with Crippen molar-refractivity contribution in [2.75, 3.05) is 53.4 Å². The molecule has 0 radical (unpaired) electrons. The zero-order valence-corrected chi connectivity index (χ0v) is 30.5. The van der Waals surface area contributed by atoms with Gasteiger partial charge in [-0.2, -0.15) is 0 Å². The van der Waals surface area contributed by atoms with Crippen molar-refractivity contribution in [2.45, 2.75) is 105 Å². The molecule has 0 aromatic heterocycles. The fourth-order valence-electron chi connectivity index (χ4n) is 4.11. The van der Waals surface area contributed by atoms with Gasteiger partial charge in [0.15, 0.2) is 10.8 Å². The molecule has 45 heavy (non-hydrogen) atoms. The molecule has 0 amide bonds. The monoisotopic (exact) mass is 690 g/mol. The number of hydrogen-bond acceptors (Lipinski definition) is 14. The highest BCUT2D eigenvalue weighted by molar-refractivity contribution is 7.56. The van der Waals surface area contributed by atoms with E-state index in [1.165, 1.54) is 14.0 Å². The van der Waals surface area contributed by atoms with Crippen LogP contribution in [-0.2, 0) is 65.4 Å². The summed E-state index contributed by atoms with van der Waals surface area (Å²) >= 11 is 0. The summed E-state index contributed by atoms with van der Waals surface area (Å²) in [6.45, 7) is 16.2. The molecule has 0 fully saturated rings. The highest BCUT2D eigenvalue weighted by atomic mass is 31.2. The third-order valence-corrected chi connectivity index (χ3v) is 11.4. The van der Waals surface area contributed by atoms with Gasteiger partial charge in [0, 0.05) is 12.8 Å². The molecule has 0 rings (SSSR count). The van der Waals surface area contributed by atoms with E-state index in [4.69, 9.17) is 32.3 Å². The predicted octanol–water partition coefficient (Wildman–Crippen LogP) is 6.08. The number of esters is 4. The molecule has 3 atom stereocenters. The Morgan fingerprint density at radius 1 is 0.689 bits per heavy atom. The molecule has 0 saturated carbocycles. The van der Waals surface area contributed by atoms with Crippen molar-refractivity contribution in [2.24, 2.45) is 5.92 Å². The van der Waals surface area contributed by atoms with E-state index in [0.29, 0.717) is 13.0 Å². The third kappa shape index (κ3) is 16.0. The van der Waals surface area contributed by atoms with E-state index in [-0.39, 0.29) is 77.2 Å². The summed E-state index contributed by atoms with van der Waals surface area (Å²) in [4.78, 5) is 47.3. The molecule has 0 aliphatic rings. The van der Waals surface area contributed by atoms with Crippen LogP contribution in [0.4, 0.5) is 0 Å². The average molecular weight is 691 g/mol. The quantitative estimate of drug-likeness (QED) is 0.0684. The number of carbonyl (C=O) groups is 4. The third-order valence-electron chi connectivity index (χ3n) is 6.19. The molecule has 0 aromatic rings. The number of rotatable bonds is 23. The van der Waals surface area contributed by atoms with Gasteiger partial charge >= 0.3 is 39.1 Å². The SMILES string of the molecule is CCOC(=O)C(CC(C)CC(=O)OC)P(=O)(OCC)OCC.CCOC(=O)CCCC(C)(C(=O)OCC)P(=O)(OCC)OCC. The number of hydrogen-bond donors (Lipinski definition) is 0. The van der Waals surface area contributed by atoms with E-state index in [0.717, 1.165) is 0 Å². The van der Waals surface area contributed by atoms with E-state index in [9.17, 15) is 28.3 Å². The van der Waals surface area contributed by atoms with Crippen molar-refractivity contribution in [3.63, 3.8) is 0 Å². The molecule has 16 heteroatoms. The molecule has 266 valence electrons. The van der Waals surface area contributed by atoms with Crippen LogP contribution >= 0.6 is 15.2 Å². The first-order valence-corrected chi connectivity index (χ1v) is 18.6. The zero-order chi connectivity index (χ0) is 35.1. The minimum absolute atomic E-state index is 0.116. The van der Waals surface area contributed by atoms with Crippen molar-refractivity contribution in [1.29, 1.82) is 0 Å². The van der Waals surface area contributed by atoms with Crippen LogP contribution in [0.25, 0.3) is 0 Å². The highest BCUT2D eigenvalue weighted by Crippen LogP contribution is 2.62. The molecular weight excluding hydrogens is 634 g/mol. The van der Waals surface area contributed by atoms with Gasteiger partial charge < -0.3 is 37.0 Å². The fourth-order valence-corrected chi connectivity index (χ4v) is 8.26. The van der Waals surface area contributed by atoms with Gasteiger partial charge in [0.1, 0.15) is 0 Å². The summed E-state index contributed by atoms with van der Waals surface area (Å²) < 4.78 is 66.6. The van der Waals surface area contributed by atoms with Crippen molar-refractivity contribution < 1.29 is 65.4 Å². The molecule has 0 spiro atoms. The van der Waals surface area contributed by atoms with Gasteiger partial charge in [0.25, 0.3) is 0 Å². The molecule has 0 bridgehead atoms. The van der Waals surface area contributed by atoms with E-state index in [1.807, 2.05) is 0 Å². The molecule has 0 aliphatic heterocycles. The first-order valence-electron chi connectivity index (χ1n) is 15.5. The van der Waals surface area contributed by atoms with Gasteiger partial charge in [-0.05, 0) is 80.6 Å². The standard InChI is InChI=1S/C15H29O7P.C14H27O7P/c1-6-19-13(16)11-10-12-15(5,14(17)20-7-2)23(18,21-8-3)22-9-4;1-6-19-14(16)12(9-11(4)10-13(15)18-5)22(17,20-7-2)21-8-3/h6-12H2,1-5H3;11-12H,6-10H2,1-5H3. The van der Waals surface area contributed by atoms with Gasteiger partial charge in [-0.25, -0.2) is 0 Å². The van der Waals surface area contributed by atoms with Gasteiger partial charge in [-0.1, -0.05) is 6.92 Å². The van der Waals surface area contributed by atoms with E-state index < -0.39 is 43.9 Å². The maximum atomic E-state index is 13.1. The van der Waals surface area contributed by atoms with Crippen LogP contribution in [0.15, 0.2) is 0 Å². The number of methoxy groups -OCH3 is 1. The molecule has 3 unspecified atom stereocenters. The van der Waals surface area contributed by atoms with E-state index in [2.05, 4.69) is 4.74 Å². The maximum Gasteiger partial charge on any atom is 0.347 e. The summed E-state index contributed by atoms with van der Waals surface area (Å²) in [5.41, 5.74) is -1.05. The number of carbonyl (C=O) groups excluding carboxylic acids is 4. The predicted molar refractivity (Wildman–Crippen MR) is 168 cm³/mol. The Kier molecular flexibility index (Phi) is 24.5. The Labute approximate surface area is 268 Å². The minimum atomic E-state index is -3.73. The second-order valence-electron chi connectivity index (χ2n) is 9.75. The van der Waals surface area contributed by atoms with Gasteiger partial charge in [-0.3, -0.25) is 28.3 Å². The zero-order valence-electron chi connectivity index (χ0n) is 28.7. The highest BCUT2D eigenvalue weighted by Gasteiger charge is 2.54. The van der Waals surface area contributed by atoms with Crippen LogP contribution in [0.1, 0.15) is 94.4 Å². The van der Waals surface area contributed by atoms with Crippen molar-refractivity contribution in [1.82, 2.24) is 0 Å². The molecule has 0 saturated heterocycles. The van der Waals surface area contributed by atoms with Crippen LogP contribution in [0.3, 0.4) is 0 Å². The summed E-state index contributed by atoms with van der Waals surface area (Å²) in [5.74, 6) is -2.26. The van der Waals surface area contributed by atoms with Gasteiger partial charge in [0.05, 0.1) is 53.4 Å². The lowest BCUT2D eigenvalue weighted by Crippen LogP contribution is -2.38. The molecular formula is C29H56O14P2. The van der Waals surface area contributed by atoms with Crippen molar-refractivity contribution in [3.8, 4) is 0 Å². The Hall–Kier alpha value is -1.82. The Morgan fingerprint density at radius 3 is 1.60 bits per heavy atom. The molecule has 14 nitrogen and oxygen atoms in total. The van der Waals surface area contributed by atoms with Gasteiger partial charge in [-0.15, -0.1) is 0 Å². The van der Waals surface area contributed by atoms with Crippen LogP contribution < -0.4 is 0 Å². The number of ether oxygens (including phenoxy) is 4. The molecule has 0 aliphatic carbocycles. The average Bonchev–Trinajstić information content (AvgIpc) is 2.96. The fraction of sp³-hybridized carbons (Fsp3) is 0.862. The van der Waals surface area contributed by atoms with Crippen LogP contribution in [-0.4, -0.2) is 88.1 Å². The lowest BCUT2D eigenvalue weighted by atomic mass is 10.0. The molecule has 0 N–H and O–H groups in total. The normalized spacial score (nSPS) is 14.2. The van der Waals surface area contributed by atoms with Crippen molar-refractivity contribution in [3.05, 3.63) is 0 Å².